The molecule has 0 aliphatic carbocycles. The number of aliphatic hydroxyl groups excluding tert-OH is 1. The van der Waals surface area contributed by atoms with Gasteiger partial charge in [0, 0.05) is 11.4 Å². The molecule has 0 radical (unpaired) electrons. The summed E-state index contributed by atoms with van der Waals surface area (Å²) in [6.45, 7) is -0.432. The second kappa shape index (κ2) is 6.49. The van der Waals surface area contributed by atoms with E-state index in [9.17, 15) is 17.2 Å². The van der Waals surface area contributed by atoms with Crippen molar-refractivity contribution in [2.75, 3.05) is 0 Å². The van der Waals surface area contributed by atoms with Crippen molar-refractivity contribution in [1.29, 1.82) is 0 Å². The highest BCUT2D eigenvalue weighted by Crippen LogP contribution is 2.31. The summed E-state index contributed by atoms with van der Waals surface area (Å²) in [7, 11) is -3.82. The Hall–Kier alpha value is -0.870. The monoisotopic (exact) mass is 397 g/mol. The van der Waals surface area contributed by atoms with E-state index in [1.807, 2.05) is 0 Å². The maximum atomic E-state index is 13.0. The van der Waals surface area contributed by atoms with Gasteiger partial charge in [-0.25, -0.2) is 21.9 Å². The minimum atomic E-state index is -3.82. The molecule has 1 aromatic carbocycles. The fourth-order valence-corrected chi connectivity index (χ4v) is 5.12. The van der Waals surface area contributed by atoms with Crippen molar-refractivity contribution in [3.05, 3.63) is 50.1 Å². The maximum absolute atomic E-state index is 13.0. The lowest BCUT2D eigenvalue weighted by Crippen LogP contribution is -2.23. The Morgan fingerprint density at radius 2 is 1.95 bits per heavy atom. The van der Waals surface area contributed by atoms with Gasteiger partial charge in [-0.15, -0.1) is 11.3 Å². The van der Waals surface area contributed by atoms with Crippen molar-refractivity contribution in [2.45, 2.75) is 18.0 Å². The van der Waals surface area contributed by atoms with Gasteiger partial charge in [-0.3, -0.25) is 0 Å². The van der Waals surface area contributed by atoms with E-state index in [0.29, 0.717) is 14.2 Å². The van der Waals surface area contributed by atoms with Crippen LogP contribution in [0.4, 0.5) is 8.78 Å². The first kappa shape index (κ1) is 16.5. The number of hydrogen-bond donors (Lipinski definition) is 2. The van der Waals surface area contributed by atoms with Gasteiger partial charge < -0.3 is 5.11 Å². The molecule has 0 saturated heterocycles. The van der Waals surface area contributed by atoms with Gasteiger partial charge in [-0.1, -0.05) is 6.07 Å². The highest BCUT2D eigenvalue weighted by Gasteiger charge is 2.20. The van der Waals surface area contributed by atoms with Gasteiger partial charge in [0.15, 0.2) is 11.6 Å². The fraction of sp³-hybridized carbons (Fsp3) is 0.167. The summed E-state index contributed by atoms with van der Waals surface area (Å²) < 4.78 is 52.7. The number of sulfonamides is 1. The van der Waals surface area contributed by atoms with Crippen LogP contribution >= 0.6 is 27.3 Å². The van der Waals surface area contributed by atoms with E-state index in [4.69, 9.17) is 5.11 Å². The molecular formula is C12H10BrF2NO3S2. The van der Waals surface area contributed by atoms with Crippen LogP contribution in [0.2, 0.25) is 0 Å². The largest absolute Gasteiger partial charge is 0.391 e. The van der Waals surface area contributed by atoms with E-state index in [1.165, 1.54) is 12.1 Å². The predicted octanol–water partition coefficient (Wildman–Crippen LogP) is 2.76. The van der Waals surface area contributed by atoms with Crippen LogP contribution < -0.4 is 4.72 Å². The van der Waals surface area contributed by atoms with Gasteiger partial charge in [-0.05, 0) is 39.7 Å². The van der Waals surface area contributed by atoms with Crippen LogP contribution in [-0.4, -0.2) is 13.5 Å². The van der Waals surface area contributed by atoms with E-state index in [-0.39, 0.29) is 18.0 Å². The smallest absolute Gasteiger partial charge is 0.242 e. The third-order valence-corrected chi connectivity index (χ3v) is 6.24. The van der Waals surface area contributed by atoms with Gasteiger partial charge in [-0.2, -0.15) is 0 Å². The van der Waals surface area contributed by atoms with E-state index in [1.54, 1.807) is 0 Å². The first-order chi connectivity index (χ1) is 9.83. The van der Waals surface area contributed by atoms with Crippen molar-refractivity contribution in [3.8, 4) is 0 Å². The first-order valence-corrected chi connectivity index (χ1v) is 8.75. The Bertz CT molecular complexity index is 762. The van der Waals surface area contributed by atoms with Crippen LogP contribution in [0.5, 0.6) is 0 Å². The molecule has 0 saturated carbocycles. The molecule has 2 aromatic rings. The number of thiophene rings is 1. The lowest BCUT2D eigenvalue weighted by atomic mass is 10.2. The third kappa shape index (κ3) is 3.86. The highest BCUT2D eigenvalue weighted by molar-refractivity contribution is 9.11. The van der Waals surface area contributed by atoms with Gasteiger partial charge in [0.1, 0.15) is 4.90 Å². The van der Waals surface area contributed by atoms with Gasteiger partial charge in [0.2, 0.25) is 10.0 Å². The molecule has 1 heterocycles. The molecule has 1 aromatic heterocycles. The maximum Gasteiger partial charge on any atom is 0.242 e. The normalized spacial score (nSPS) is 11.8. The van der Waals surface area contributed by atoms with Crippen molar-refractivity contribution in [3.63, 3.8) is 0 Å². The Balaban J connectivity index is 2.17. The second-order valence-corrected chi connectivity index (χ2v) is 8.27. The van der Waals surface area contributed by atoms with Gasteiger partial charge >= 0.3 is 0 Å². The Labute approximate surface area is 132 Å². The van der Waals surface area contributed by atoms with Gasteiger partial charge in [0.05, 0.1) is 10.4 Å². The van der Waals surface area contributed by atoms with E-state index in [0.717, 1.165) is 23.5 Å². The minimum absolute atomic E-state index is 0.000802. The standard InChI is InChI=1S/C12H10BrF2NO3S2/c13-12-11(4-8(6-17)20-12)21(18,19)16-5-7-1-2-9(14)10(15)3-7/h1-4,16-17H,5-6H2. The van der Waals surface area contributed by atoms with E-state index in [2.05, 4.69) is 20.7 Å². The molecule has 4 nitrogen and oxygen atoms in total. The molecule has 0 atom stereocenters. The summed E-state index contributed by atoms with van der Waals surface area (Å²) in [4.78, 5) is 0.495. The zero-order valence-electron chi connectivity index (χ0n) is 10.4. The molecule has 0 spiro atoms. The fourth-order valence-electron chi connectivity index (χ4n) is 1.56. The predicted molar refractivity (Wildman–Crippen MR) is 78.3 cm³/mol. The van der Waals surface area contributed by atoms with Crippen molar-refractivity contribution in [1.82, 2.24) is 4.72 Å². The van der Waals surface area contributed by atoms with Crippen LogP contribution in [0.1, 0.15) is 10.4 Å². The highest BCUT2D eigenvalue weighted by atomic mass is 79.9. The third-order valence-electron chi connectivity index (χ3n) is 2.60. The molecule has 114 valence electrons. The van der Waals surface area contributed by atoms with E-state index < -0.39 is 21.7 Å². The van der Waals surface area contributed by atoms with E-state index >= 15 is 0 Å². The summed E-state index contributed by atoms with van der Waals surface area (Å²) in [6, 6.07) is 4.51. The molecule has 2 N–H and O–H groups in total. The Kier molecular flexibility index (Phi) is 5.10. The molecule has 0 amide bonds. The molecule has 0 fully saturated rings. The lowest BCUT2D eigenvalue weighted by molar-refractivity contribution is 0.285. The Morgan fingerprint density at radius 1 is 1.24 bits per heavy atom. The number of hydrogen-bond acceptors (Lipinski definition) is 4. The SMILES string of the molecule is O=S(=O)(NCc1ccc(F)c(F)c1)c1cc(CO)sc1Br. The molecule has 9 heteroatoms. The van der Waals surface area contributed by atoms with Crippen LogP contribution in [0.15, 0.2) is 32.9 Å². The molecule has 21 heavy (non-hydrogen) atoms. The number of nitrogens with one attached hydrogen (secondary N) is 1. The zero-order valence-corrected chi connectivity index (χ0v) is 13.7. The summed E-state index contributed by atoms with van der Waals surface area (Å²) in [5.74, 6) is -2.03. The number of benzene rings is 1. The molecular weight excluding hydrogens is 388 g/mol. The second-order valence-electron chi connectivity index (χ2n) is 4.08. The van der Waals surface area contributed by atoms with Crippen LogP contribution in [0.3, 0.4) is 0 Å². The Morgan fingerprint density at radius 3 is 2.52 bits per heavy atom. The summed E-state index contributed by atoms with van der Waals surface area (Å²) in [5.41, 5.74) is 0.297. The summed E-state index contributed by atoms with van der Waals surface area (Å²) >= 11 is 4.23. The molecule has 2 rings (SSSR count). The minimum Gasteiger partial charge on any atom is -0.391 e. The number of rotatable bonds is 5. The summed E-state index contributed by atoms with van der Waals surface area (Å²) in [5, 5.41) is 9.00. The number of halogens is 3. The quantitative estimate of drug-likeness (QED) is 0.814. The molecule has 0 bridgehead atoms. The molecule has 0 aliphatic rings. The lowest BCUT2D eigenvalue weighted by Gasteiger charge is -2.06. The van der Waals surface area contributed by atoms with Crippen molar-refractivity contribution < 1.29 is 22.3 Å². The van der Waals surface area contributed by atoms with Crippen LogP contribution in [0.25, 0.3) is 0 Å². The average molecular weight is 398 g/mol. The van der Waals surface area contributed by atoms with Crippen molar-refractivity contribution >= 4 is 37.3 Å². The first-order valence-electron chi connectivity index (χ1n) is 5.66. The topological polar surface area (TPSA) is 66.4 Å². The zero-order chi connectivity index (χ0) is 15.6. The van der Waals surface area contributed by atoms with Crippen LogP contribution in [-0.2, 0) is 23.2 Å². The van der Waals surface area contributed by atoms with Crippen LogP contribution in [0, 0.1) is 11.6 Å². The average Bonchev–Trinajstić information content (AvgIpc) is 2.82. The molecule has 0 aliphatic heterocycles. The summed E-state index contributed by atoms with van der Waals surface area (Å²) in [6.07, 6.45) is 0. The molecule has 0 unspecified atom stereocenters. The van der Waals surface area contributed by atoms with Gasteiger partial charge in [0.25, 0.3) is 0 Å². The van der Waals surface area contributed by atoms with Crippen molar-refractivity contribution in [2.24, 2.45) is 0 Å². The number of aliphatic hydroxyl groups is 1.